The number of ether oxygens (including phenoxy) is 1. The summed E-state index contributed by atoms with van der Waals surface area (Å²) in [5, 5.41) is 0.483. The summed E-state index contributed by atoms with van der Waals surface area (Å²) in [4.78, 5) is 3.96. The van der Waals surface area contributed by atoms with Gasteiger partial charge < -0.3 is 14.6 Å². The van der Waals surface area contributed by atoms with Crippen molar-refractivity contribution in [3.05, 3.63) is 29.9 Å². The number of hydrogen-bond acceptors (Lipinski definition) is 2. The number of methoxy groups -OCH3 is 1. The van der Waals surface area contributed by atoms with Crippen LogP contribution in [0.2, 0.25) is 0 Å². The fraction of sp³-hybridized carbons (Fsp3) is 0.385. The minimum Gasteiger partial charge on any atom is -0.497 e. The van der Waals surface area contributed by atoms with Crippen LogP contribution in [0.5, 0.6) is 5.75 Å². The first-order chi connectivity index (χ1) is 9.62. The van der Waals surface area contributed by atoms with Crippen LogP contribution in [-0.4, -0.2) is 37.6 Å². The zero-order valence-corrected chi connectivity index (χ0v) is 9.59. The second kappa shape index (κ2) is 4.58. The van der Waals surface area contributed by atoms with Crippen molar-refractivity contribution in [2.45, 2.75) is 6.37 Å². The van der Waals surface area contributed by atoms with E-state index in [0.717, 1.165) is 0 Å². The number of fused-ring (bicyclic) bond motifs is 1. The number of nitrogens with one attached hydrogen (secondary N) is 1. The molecule has 3 heteroatoms. The van der Waals surface area contributed by atoms with E-state index in [2.05, 4.69) is 4.98 Å². The minimum atomic E-state index is -2.35. The molecular weight excluding hydrogens is 200 g/mol. The van der Waals surface area contributed by atoms with Crippen molar-refractivity contribution >= 4 is 10.9 Å². The fourth-order valence-electron chi connectivity index (χ4n) is 1.44. The van der Waals surface area contributed by atoms with Gasteiger partial charge in [0.25, 0.3) is 0 Å². The van der Waals surface area contributed by atoms with Crippen molar-refractivity contribution in [3.8, 4) is 5.75 Å². The smallest absolute Gasteiger partial charge is 0.120 e. The molecular formula is C13H18N2O. The highest BCUT2D eigenvalue weighted by Crippen LogP contribution is 2.23. The number of benzene rings is 1. The summed E-state index contributed by atoms with van der Waals surface area (Å²) in [5.41, 5.74) is 0.562. The number of hydrogen-bond donors (Lipinski definition) is 1. The maximum atomic E-state index is 8.22. The standard InChI is InChI=1S/C13H18N2O/c1-15(2)7-6-10-9-14-13-8-11(16-3)4-5-12(10)13/h4-5,8-9,14H,6-7H2,1-3H3/i6D2,7D2,9D. The van der Waals surface area contributed by atoms with Crippen LogP contribution in [0.25, 0.3) is 10.9 Å². The van der Waals surface area contributed by atoms with Crippen molar-refractivity contribution in [2.75, 3.05) is 27.7 Å². The molecule has 0 aliphatic heterocycles. The lowest BCUT2D eigenvalue weighted by Crippen LogP contribution is -2.14. The molecule has 16 heavy (non-hydrogen) atoms. The largest absolute Gasteiger partial charge is 0.497 e. The maximum Gasteiger partial charge on any atom is 0.120 e. The normalized spacial score (nSPS) is 17.6. The molecule has 0 atom stereocenters. The molecule has 86 valence electrons. The SMILES string of the molecule is [2H]c1[nH]c2cc(OC)ccc2c1C([2H])([2H])C([2H])([2H])N(C)C. The Bertz CT molecular complexity index is 666. The van der Waals surface area contributed by atoms with Gasteiger partial charge in [-0.2, -0.15) is 0 Å². The molecule has 1 aromatic heterocycles. The van der Waals surface area contributed by atoms with E-state index in [1.54, 1.807) is 18.2 Å². The van der Waals surface area contributed by atoms with E-state index in [1.807, 2.05) is 0 Å². The Labute approximate surface area is 103 Å². The summed E-state index contributed by atoms with van der Waals surface area (Å²) in [6, 6.07) is 4.97. The van der Waals surface area contributed by atoms with Gasteiger partial charge in [-0.3, -0.25) is 0 Å². The third kappa shape index (κ3) is 2.19. The van der Waals surface area contributed by atoms with E-state index in [0.29, 0.717) is 16.7 Å². The Hall–Kier alpha value is -1.48. The van der Waals surface area contributed by atoms with Crippen LogP contribution < -0.4 is 4.74 Å². The molecule has 0 radical (unpaired) electrons. The Balaban J connectivity index is 2.69. The molecule has 1 N–H and O–H groups in total. The molecule has 0 bridgehead atoms. The average molecular weight is 223 g/mol. The number of nitrogens with zero attached hydrogens (tertiary/aromatic N) is 1. The van der Waals surface area contributed by atoms with Crippen LogP contribution in [0, 0.1) is 0 Å². The van der Waals surface area contributed by atoms with E-state index in [4.69, 9.17) is 11.6 Å². The average Bonchev–Trinajstić information content (AvgIpc) is 2.73. The third-order valence-electron chi connectivity index (χ3n) is 2.22. The number of rotatable bonds is 4. The lowest BCUT2D eigenvalue weighted by Gasteiger charge is -2.08. The second-order valence-corrected chi connectivity index (χ2v) is 3.67. The van der Waals surface area contributed by atoms with Gasteiger partial charge in [0.15, 0.2) is 0 Å². The van der Waals surface area contributed by atoms with Crippen LogP contribution in [0.15, 0.2) is 24.4 Å². The van der Waals surface area contributed by atoms with Crippen LogP contribution >= 0.6 is 0 Å². The molecule has 2 aromatic rings. The topological polar surface area (TPSA) is 28.3 Å². The first kappa shape index (κ1) is 6.30. The van der Waals surface area contributed by atoms with Crippen LogP contribution in [0.1, 0.15) is 12.4 Å². The summed E-state index contributed by atoms with van der Waals surface area (Å²) in [6.45, 7) is -2.25. The Morgan fingerprint density at radius 1 is 1.50 bits per heavy atom. The number of H-pyrrole nitrogens is 1. The predicted octanol–water partition coefficient (Wildman–Crippen LogP) is 2.28. The van der Waals surface area contributed by atoms with Crippen molar-refractivity contribution in [1.82, 2.24) is 9.88 Å². The molecule has 2 rings (SSSR count). The zero-order chi connectivity index (χ0) is 16.0. The number of aromatic amines is 1. The van der Waals surface area contributed by atoms with Crippen molar-refractivity contribution < 1.29 is 11.6 Å². The molecule has 0 unspecified atom stereocenters. The van der Waals surface area contributed by atoms with Gasteiger partial charge in [-0.05, 0) is 38.2 Å². The number of aryl methyl sites for hydroxylation is 1. The molecule has 0 saturated heterocycles. The van der Waals surface area contributed by atoms with Gasteiger partial charge in [-0.25, -0.2) is 0 Å². The first-order valence-corrected chi connectivity index (χ1v) is 4.97. The summed E-state index contributed by atoms with van der Waals surface area (Å²) < 4.78 is 45.5. The van der Waals surface area contributed by atoms with Crippen molar-refractivity contribution in [3.63, 3.8) is 0 Å². The van der Waals surface area contributed by atoms with E-state index in [9.17, 15) is 0 Å². The lowest BCUT2D eigenvalue weighted by atomic mass is 10.1. The third-order valence-corrected chi connectivity index (χ3v) is 2.22. The Kier molecular flexibility index (Phi) is 1.80. The van der Waals surface area contributed by atoms with E-state index >= 15 is 0 Å². The zero-order valence-electron chi connectivity index (χ0n) is 14.6. The van der Waals surface area contributed by atoms with Gasteiger partial charge in [0.05, 0.1) is 8.48 Å². The van der Waals surface area contributed by atoms with E-state index in [-0.39, 0.29) is 11.7 Å². The molecule has 1 aromatic carbocycles. The van der Waals surface area contributed by atoms with Crippen molar-refractivity contribution in [2.24, 2.45) is 0 Å². The van der Waals surface area contributed by atoms with Gasteiger partial charge in [0, 0.05) is 35.1 Å². The molecule has 0 aliphatic carbocycles. The lowest BCUT2D eigenvalue weighted by molar-refractivity contribution is 0.414. The Morgan fingerprint density at radius 3 is 3.00 bits per heavy atom. The van der Waals surface area contributed by atoms with Gasteiger partial charge in [-0.15, -0.1) is 0 Å². The van der Waals surface area contributed by atoms with Crippen LogP contribution in [-0.2, 0) is 6.37 Å². The van der Waals surface area contributed by atoms with Crippen molar-refractivity contribution in [1.29, 1.82) is 0 Å². The van der Waals surface area contributed by atoms with Crippen LogP contribution in [0.4, 0.5) is 0 Å². The molecule has 0 amide bonds. The minimum absolute atomic E-state index is 0.0128. The predicted molar refractivity (Wildman–Crippen MR) is 67.1 cm³/mol. The van der Waals surface area contributed by atoms with E-state index < -0.39 is 12.9 Å². The van der Waals surface area contributed by atoms with Gasteiger partial charge in [0.2, 0.25) is 0 Å². The fourth-order valence-corrected chi connectivity index (χ4v) is 1.44. The summed E-state index contributed by atoms with van der Waals surface area (Å²) >= 11 is 0. The molecule has 3 nitrogen and oxygen atoms in total. The van der Waals surface area contributed by atoms with Gasteiger partial charge in [0.1, 0.15) is 5.75 Å². The summed E-state index contributed by atoms with van der Waals surface area (Å²) in [5.74, 6) is 0.589. The molecule has 0 fully saturated rings. The highest BCUT2D eigenvalue weighted by atomic mass is 16.5. The first-order valence-electron chi connectivity index (χ1n) is 7.47. The molecule has 0 saturated carbocycles. The number of aromatic nitrogens is 1. The summed E-state index contributed by atoms with van der Waals surface area (Å²) in [7, 11) is 4.47. The van der Waals surface area contributed by atoms with Crippen LogP contribution in [0.3, 0.4) is 0 Å². The van der Waals surface area contributed by atoms with Gasteiger partial charge in [-0.1, -0.05) is 0 Å². The monoisotopic (exact) mass is 223 g/mol. The highest BCUT2D eigenvalue weighted by molar-refractivity contribution is 5.84. The van der Waals surface area contributed by atoms with Gasteiger partial charge >= 0.3 is 0 Å². The Morgan fingerprint density at radius 2 is 2.31 bits per heavy atom. The molecule has 1 heterocycles. The second-order valence-electron chi connectivity index (χ2n) is 3.67. The highest BCUT2D eigenvalue weighted by Gasteiger charge is 2.04. The molecule has 0 aliphatic rings. The quantitative estimate of drug-likeness (QED) is 0.861. The summed E-state index contributed by atoms with van der Waals surface area (Å²) in [6.07, 6.45) is -2.48. The number of likely N-dealkylation sites (N-methyl/N-ethyl adjacent to an activating group) is 1. The van der Waals surface area contributed by atoms with E-state index in [1.165, 1.54) is 26.1 Å². The molecule has 0 spiro atoms. The maximum absolute atomic E-state index is 8.22.